The fourth-order valence-electron chi connectivity index (χ4n) is 2.23. The first kappa shape index (κ1) is 12.8. The van der Waals surface area contributed by atoms with E-state index in [2.05, 4.69) is 25.9 Å². The van der Waals surface area contributed by atoms with Crippen molar-refractivity contribution in [2.75, 3.05) is 6.61 Å². The first-order valence-electron chi connectivity index (χ1n) is 6.44. The Morgan fingerprint density at radius 3 is 2.76 bits per heavy atom. The topological polar surface area (TPSA) is 35.0 Å². The molecule has 1 aliphatic rings. The largest absolute Gasteiger partial charge is 0.477 e. The summed E-state index contributed by atoms with van der Waals surface area (Å²) in [6.45, 7) is 2.85. The van der Waals surface area contributed by atoms with Crippen LogP contribution >= 0.6 is 15.9 Å². The van der Waals surface area contributed by atoms with Crippen molar-refractivity contribution in [3.05, 3.63) is 16.5 Å². The van der Waals surface area contributed by atoms with E-state index in [1.165, 1.54) is 32.1 Å². The van der Waals surface area contributed by atoms with Crippen LogP contribution in [0.25, 0.3) is 0 Å². The molecule has 94 valence electrons. The van der Waals surface area contributed by atoms with Crippen LogP contribution in [0.4, 0.5) is 0 Å². The highest BCUT2D eigenvalue weighted by Crippen LogP contribution is 2.24. The van der Waals surface area contributed by atoms with E-state index in [9.17, 15) is 0 Å². The summed E-state index contributed by atoms with van der Waals surface area (Å²) in [4.78, 5) is 8.65. The molecule has 0 saturated heterocycles. The fraction of sp³-hybridized carbons (Fsp3) is 0.692. The molecule has 17 heavy (non-hydrogen) atoms. The van der Waals surface area contributed by atoms with E-state index >= 15 is 0 Å². The van der Waals surface area contributed by atoms with Gasteiger partial charge >= 0.3 is 0 Å². The summed E-state index contributed by atoms with van der Waals surface area (Å²) >= 11 is 3.39. The van der Waals surface area contributed by atoms with Crippen molar-refractivity contribution in [1.82, 2.24) is 9.97 Å². The van der Waals surface area contributed by atoms with Gasteiger partial charge in [0.15, 0.2) is 0 Å². The second kappa shape index (κ2) is 6.34. The summed E-state index contributed by atoms with van der Waals surface area (Å²) in [6, 6.07) is 1.85. The average Bonchev–Trinajstić information content (AvgIpc) is 2.37. The van der Waals surface area contributed by atoms with Gasteiger partial charge in [-0.05, 0) is 34.7 Å². The molecule has 0 bridgehead atoms. The van der Waals surface area contributed by atoms with Gasteiger partial charge in [-0.1, -0.05) is 26.2 Å². The maximum atomic E-state index is 5.79. The molecule has 1 aliphatic carbocycles. The van der Waals surface area contributed by atoms with Crippen LogP contribution in [-0.2, 0) is 6.42 Å². The Morgan fingerprint density at radius 2 is 2.06 bits per heavy atom. The Hall–Kier alpha value is -0.640. The number of hydrogen-bond acceptors (Lipinski definition) is 3. The molecule has 0 aromatic carbocycles. The molecule has 0 atom stereocenters. The molecule has 0 N–H and O–H groups in total. The molecule has 0 amide bonds. The molecular formula is C13H19BrN2O. The van der Waals surface area contributed by atoms with E-state index in [0.29, 0.717) is 11.8 Å². The van der Waals surface area contributed by atoms with E-state index in [4.69, 9.17) is 4.74 Å². The summed E-state index contributed by atoms with van der Waals surface area (Å²) in [7, 11) is 0. The minimum absolute atomic E-state index is 0.703. The molecule has 1 fully saturated rings. The number of rotatable bonds is 4. The standard InChI is InChI=1S/C13H19BrN2O/c1-2-12-15-11(14)8-13(16-12)17-9-10-6-4-3-5-7-10/h8,10H,2-7,9H2,1H3. The van der Waals surface area contributed by atoms with Crippen molar-refractivity contribution in [1.29, 1.82) is 0 Å². The number of nitrogens with zero attached hydrogens (tertiary/aromatic N) is 2. The second-order valence-corrected chi connectivity index (χ2v) is 5.43. The zero-order valence-corrected chi connectivity index (χ0v) is 11.9. The van der Waals surface area contributed by atoms with Crippen molar-refractivity contribution < 1.29 is 4.74 Å². The summed E-state index contributed by atoms with van der Waals surface area (Å²) in [5, 5.41) is 0. The van der Waals surface area contributed by atoms with E-state index < -0.39 is 0 Å². The quantitative estimate of drug-likeness (QED) is 0.794. The van der Waals surface area contributed by atoms with Crippen molar-refractivity contribution in [2.45, 2.75) is 45.4 Å². The minimum atomic E-state index is 0.703. The predicted molar refractivity (Wildman–Crippen MR) is 71.2 cm³/mol. The Kier molecular flexibility index (Phi) is 4.77. The third kappa shape index (κ3) is 3.95. The van der Waals surface area contributed by atoms with Crippen LogP contribution in [-0.4, -0.2) is 16.6 Å². The molecule has 3 nitrogen and oxygen atoms in total. The van der Waals surface area contributed by atoms with Crippen molar-refractivity contribution in [3.8, 4) is 5.88 Å². The number of ether oxygens (including phenoxy) is 1. The first-order valence-corrected chi connectivity index (χ1v) is 7.23. The van der Waals surface area contributed by atoms with Gasteiger partial charge in [-0.2, -0.15) is 4.98 Å². The summed E-state index contributed by atoms with van der Waals surface area (Å²) in [6.07, 6.45) is 7.51. The van der Waals surface area contributed by atoms with Gasteiger partial charge in [0.1, 0.15) is 10.4 Å². The Labute approximate surface area is 111 Å². The van der Waals surface area contributed by atoms with Gasteiger partial charge in [0, 0.05) is 12.5 Å². The molecule has 0 spiro atoms. The van der Waals surface area contributed by atoms with Crippen LogP contribution in [0.15, 0.2) is 10.7 Å². The zero-order valence-electron chi connectivity index (χ0n) is 10.3. The van der Waals surface area contributed by atoms with Crippen LogP contribution < -0.4 is 4.74 Å². The molecule has 4 heteroatoms. The van der Waals surface area contributed by atoms with E-state index in [1.54, 1.807) is 0 Å². The van der Waals surface area contributed by atoms with E-state index in [-0.39, 0.29) is 0 Å². The number of aryl methyl sites for hydroxylation is 1. The molecule has 1 aromatic rings. The SMILES string of the molecule is CCc1nc(Br)cc(OCC2CCCCC2)n1. The molecule has 0 radical (unpaired) electrons. The van der Waals surface area contributed by atoms with Crippen molar-refractivity contribution in [2.24, 2.45) is 5.92 Å². The predicted octanol–water partition coefficient (Wildman–Crippen LogP) is 3.76. The minimum Gasteiger partial charge on any atom is -0.477 e. The summed E-state index contributed by atoms with van der Waals surface area (Å²) in [5.74, 6) is 2.25. The first-order chi connectivity index (χ1) is 8.28. The summed E-state index contributed by atoms with van der Waals surface area (Å²) in [5.41, 5.74) is 0. The number of hydrogen-bond donors (Lipinski definition) is 0. The molecule has 0 unspecified atom stereocenters. The summed E-state index contributed by atoms with van der Waals surface area (Å²) < 4.78 is 6.60. The molecule has 1 heterocycles. The molecule has 2 rings (SSSR count). The molecule has 1 saturated carbocycles. The van der Waals surface area contributed by atoms with Crippen molar-refractivity contribution >= 4 is 15.9 Å². The lowest BCUT2D eigenvalue weighted by atomic mass is 9.90. The normalized spacial score (nSPS) is 17.1. The van der Waals surface area contributed by atoms with Gasteiger partial charge in [0.05, 0.1) is 6.61 Å². The van der Waals surface area contributed by atoms with Gasteiger partial charge < -0.3 is 4.74 Å². The molecular weight excluding hydrogens is 280 g/mol. The number of halogens is 1. The zero-order chi connectivity index (χ0) is 12.1. The van der Waals surface area contributed by atoms with Crippen LogP contribution in [0.5, 0.6) is 5.88 Å². The maximum absolute atomic E-state index is 5.79. The van der Waals surface area contributed by atoms with Crippen LogP contribution in [0.3, 0.4) is 0 Å². The Balaban J connectivity index is 1.91. The molecule has 0 aliphatic heterocycles. The Morgan fingerprint density at radius 1 is 1.29 bits per heavy atom. The van der Waals surface area contributed by atoms with Crippen LogP contribution in [0, 0.1) is 5.92 Å². The van der Waals surface area contributed by atoms with Gasteiger partial charge in [-0.25, -0.2) is 4.98 Å². The second-order valence-electron chi connectivity index (χ2n) is 4.61. The van der Waals surface area contributed by atoms with E-state index in [0.717, 1.165) is 23.5 Å². The number of aromatic nitrogens is 2. The highest BCUT2D eigenvalue weighted by Gasteiger charge is 2.14. The smallest absolute Gasteiger partial charge is 0.217 e. The fourth-order valence-corrected chi connectivity index (χ4v) is 2.63. The molecule has 1 aromatic heterocycles. The van der Waals surface area contributed by atoms with E-state index in [1.807, 2.05) is 13.0 Å². The van der Waals surface area contributed by atoms with Gasteiger partial charge in [-0.3, -0.25) is 0 Å². The maximum Gasteiger partial charge on any atom is 0.217 e. The lowest BCUT2D eigenvalue weighted by molar-refractivity contribution is 0.202. The van der Waals surface area contributed by atoms with Crippen molar-refractivity contribution in [3.63, 3.8) is 0 Å². The lowest BCUT2D eigenvalue weighted by Crippen LogP contribution is -2.16. The van der Waals surface area contributed by atoms with Gasteiger partial charge in [0.25, 0.3) is 0 Å². The average molecular weight is 299 g/mol. The van der Waals surface area contributed by atoms with Crippen LogP contribution in [0.1, 0.15) is 44.9 Å². The highest BCUT2D eigenvalue weighted by molar-refractivity contribution is 9.10. The third-order valence-electron chi connectivity index (χ3n) is 3.23. The van der Waals surface area contributed by atoms with Gasteiger partial charge in [0.2, 0.25) is 5.88 Å². The highest BCUT2D eigenvalue weighted by atomic mass is 79.9. The monoisotopic (exact) mass is 298 g/mol. The third-order valence-corrected chi connectivity index (χ3v) is 3.63. The lowest BCUT2D eigenvalue weighted by Gasteiger charge is -2.21. The van der Waals surface area contributed by atoms with Crippen LogP contribution in [0.2, 0.25) is 0 Å². The Bertz CT molecular complexity index is 364. The van der Waals surface area contributed by atoms with Gasteiger partial charge in [-0.15, -0.1) is 0 Å².